The molecule has 0 bridgehead atoms. The van der Waals surface area contributed by atoms with Crippen molar-refractivity contribution >= 4 is 0 Å². The molecule has 1 fully saturated rings. The van der Waals surface area contributed by atoms with Gasteiger partial charge in [-0.1, -0.05) is 12.1 Å². The normalized spacial score (nSPS) is 24.3. The molecule has 1 aromatic carbocycles. The Labute approximate surface area is 160 Å². The monoisotopic (exact) mass is 367 g/mol. The van der Waals surface area contributed by atoms with Crippen molar-refractivity contribution in [3.63, 3.8) is 0 Å². The fourth-order valence-electron chi connectivity index (χ4n) is 4.84. The van der Waals surface area contributed by atoms with Crippen molar-refractivity contribution in [2.45, 2.75) is 64.3 Å². The Hall–Kier alpha value is -1.92. The first-order chi connectivity index (χ1) is 13.1. The second kappa shape index (κ2) is 6.60. The summed E-state index contributed by atoms with van der Waals surface area (Å²) in [7, 11) is 0. The quantitative estimate of drug-likeness (QED) is 0.903. The van der Waals surface area contributed by atoms with E-state index in [2.05, 4.69) is 57.0 Å². The van der Waals surface area contributed by atoms with Crippen molar-refractivity contribution in [3.05, 3.63) is 41.0 Å². The van der Waals surface area contributed by atoms with Crippen molar-refractivity contribution < 1.29 is 4.74 Å². The minimum atomic E-state index is -0.0791. The molecule has 6 nitrogen and oxygen atoms in total. The number of nitrogens with zero attached hydrogens (tertiary/aromatic N) is 4. The van der Waals surface area contributed by atoms with Crippen LogP contribution in [0.1, 0.15) is 55.5 Å². The van der Waals surface area contributed by atoms with E-state index in [4.69, 9.17) is 4.74 Å². The summed E-state index contributed by atoms with van der Waals surface area (Å²) in [4.78, 5) is 2.58. The molecule has 1 saturated heterocycles. The van der Waals surface area contributed by atoms with Gasteiger partial charge in [0.1, 0.15) is 23.0 Å². The summed E-state index contributed by atoms with van der Waals surface area (Å²) in [5, 5.41) is 12.6. The molecule has 1 N–H and O–H groups in total. The summed E-state index contributed by atoms with van der Waals surface area (Å²) in [6.07, 6.45) is 4.36. The van der Waals surface area contributed by atoms with Gasteiger partial charge >= 0.3 is 0 Å². The standard InChI is InChI=1S/C21H29N5O/c1-21(2)13-16-12-15(5-6-18(16)27-21)14-25-10-3-4-17(25)20-24-23-19-7-8-22-9-11-26(19)20/h5-6,12,17,22H,3-4,7-11,13-14H2,1-2H3. The average molecular weight is 367 g/mol. The molecule has 0 aliphatic carbocycles. The van der Waals surface area contributed by atoms with Gasteiger partial charge in [-0.05, 0) is 50.4 Å². The molecule has 3 aliphatic heterocycles. The number of benzene rings is 1. The SMILES string of the molecule is CC1(C)Cc2cc(CN3CCCC3c3nnc4n3CCNCC4)ccc2O1. The zero-order chi connectivity index (χ0) is 18.4. The Morgan fingerprint density at radius 1 is 1.22 bits per heavy atom. The molecule has 4 heterocycles. The van der Waals surface area contributed by atoms with Crippen LogP contribution in [0.2, 0.25) is 0 Å². The first kappa shape index (κ1) is 17.2. The van der Waals surface area contributed by atoms with Gasteiger partial charge in [0.2, 0.25) is 0 Å². The predicted octanol–water partition coefficient (Wildman–Crippen LogP) is 2.47. The third-order valence-corrected chi connectivity index (χ3v) is 6.07. The molecule has 3 aliphatic rings. The van der Waals surface area contributed by atoms with Crippen molar-refractivity contribution in [2.75, 3.05) is 19.6 Å². The highest BCUT2D eigenvalue weighted by Crippen LogP contribution is 2.37. The van der Waals surface area contributed by atoms with Crippen LogP contribution >= 0.6 is 0 Å². The summed E-state index contributed by atoms with van der Waals surface area (Å²) in [6, 6.07) is 7.10. The number of hydrogen-bond donors (Lipinski definition) is 1. The highest BCUT2D eigenvalue weighted by Gasteiger charge is 2.33. The Morgan fingerprint density at radius 2 is 2.15 bits per heavy atom. The highest BCUT2D eigenvalue weighted by molar-refractivity contribution is 5.41. The number of nitrogens with one attached hydrogen (secondary N) is 1. The van der Waals surface area contributed by atoms with Crippen molar-refractivity contribution in [3.8, 4) is 5.75 Å². The van der Waals surface area contributed by atoms with Crippen LogP contribution in [-0.4, -0.2) is 44.9 Å². The third-order valence-electron chi connectivity index (χ3n) is 6.07. The first-order valence-electron chi connectivity index (χ1n) is 10.3. The van der Waals surface area contributed by atoms with E-state index in [1.807, 2.05) is 0 Å². The van der Waals surface area contributed by atoms with Crippen LogP contribution < -0.4 is 10.1 Å². The number of likely N-dealkylation sites (tertiary alicyclic amines) is 1. The van der Waals surface area contributed by atoms with Crippen molar-refractivity contribution in [1.82, 2.24) is 25.0 Å². The molecule has 0 saturated carbocycles. The Morgan fingerprint density at radius 3 is 3.07 bits per heavy atom. The lowest BCUT2D eigenvalue weighted by Gasteiger charge is -2.24. The van der Waals surface area contributed by atoms with Crippen LogP contribution in [0.25, 0.3) is 0 Å². The van der Waals surface area contributed by atoms with Gasteiger partial charge in [-0.2, -0.15) is 0 Å². The van der Waals surface area contributed by atoms with E-state index < -0.39 is 0 Å². The smallest absolute Gasteiger partial charge is 0.150 e. The van der Waals surface area contributed by atoms with E-state index in [1.54, 1.807) is 0 Å². The number of aromatic nitrogens is 3. The Balaban J connectivity index is 1.37. The van der Waals surface area contributed by atoms with Crippen LogP contribution in [0, 0.1) is 0 Å². The van der Waals surface area contributed by atoms with Gasteiger partial charge in [0.15, 0.2) is 0 Å². The van der Waals surface area contributed by atoms with Gasteiger partial charge in [-0.25, -0.2) is 0 Å². The maximum Gasteiger partial charge on any atom is 0.150 e. The van der Waals surface area contributed by atoms with Gasteiger partial charge in [0.05, 0.1) is 6.04 Å². The number of rotatable bonds is 3. The zero-order valence-electron chi connectivity index (χ0n) is 16.4. The van der Waals surface area contributed by atoms with Gasteiger partial charge in [0.25, 0.3) is 0 Å². The summed E-state index contributed by atoms with van der Waals surface area (Å²) in [5.74, 6) is 3.35. The average Bonchev–Trinajstić information content (AvgIpc) is 3.26. The number of ether oxygens (including phenoxy) is 1. The zero-order valence-corrected chi connectivity index (χ0v) is 16.4. The minimum absolute atomic E-state index is 0.0791. The Bertz CT molecular complexity index is 843. The molecule has 1 aromatic heterocycles. The van der Waals surface area contributed by atoms with Gasteiger partial charge < -0.3 is 14.6 Å². The van der Waals surface area contributed by atoms with Crippen LogP contribution in [-0.2, 0) is 25.9 Å². The third kappa shape index (κ3) is 3.25. The van der Waals surface area contributed by atoms with E-state index >= 15 is 0 Å². The summed E-state index contributed by atoms with van der Waals surface area (Å²) in [5.41, 5.74) is 2.64. The van der Waals surface area contributed by atoms with Gasteiger partial charge in [-0.3, -0.25) is 4.90 Å². The maximum atomic E-state index is 6.03. The molecule has 144 valence electrons. The number of hydrogen-bond acceptors (Lipinski definition) is 5. The molecule has 1 unspecified atom stereocenters. The molecule has 0 spiro atoms. The van der Waals surface area contributed by atoms with E-state index in [0.29, 0.717) is 6.04 Å². The van der Waals surface area contributed by atoms with Crippen LogP contribution in [0.15, 0.2) is 18.2 Å². The highest BCUT2D eigenvalue weighted by atomic mass is 16.5. The topological polar surface area (TPSA) is 55.2 Å². The molecule has 1 atom stereocenters. The molecular weight excluding hydrogens is 338 g/mol. The van der Waals surface area contributed by atoms with Crippen molar-refractivity contribution in [1.29, 1.82) is 0 Å². The molecule has 6 heteroatoms. The maximum absolute atomic E-state index is 6.03. The van der Waals surface area contributed by atoms with Gasteiger partial charge in [-0.15, -0.1) is 10.2 Å². The number of fused-ring (bicyclic) bond motifs is 2. The lowest BCUT2D eigenvalue weighted by Crippen LogP contribution is -2.26. The molecule has 27 heavy (non-hydrogen) atoms. The van der Waals surface area contributed by atoms with E-state index in [1.165, 1.54) is 24.0 Å². The predicted molar refractivity (Wildman–Crippen MR) is 104 cm³/mol. The van der Waals surface area contributed by atoms with E-state index in [-0.39, 0.29) is 5.60 Å². The largest absolute Gasteiger partial charge is 0.487 e. The fourth-order valence-corrected chi connectivity index (χ4v) is 4.84. The summed E-state index contributed by atoms with van der Waals surface area (Å²) < 4.78 is 8.40. The summed E-state index contributed by atoms with van der Waals surface area (Å²) >= 11 is 0. The van der Waals surface area contributed by atoms with Crippen LogP contribution in [0.3, 0.4) is 0 Å². The molecule has 0 amide bonds. The molecule has 5 rings (SSSR count). The fraction of sp³-hybridized carbons (Fsp3) is 0.619. The lowest BCUT2D eigenvalue weighted by atomic mass is 10.00. The van der Waals surface area contributed by atoms with Gasteiger partial charge in [0, 0.05) is 39.0 Å². The van der Waals surface area contributed by atoms with Crippen molar-refractivity contribution in [2.24, 2.45) is 0 Å². The molecular formula is C21H29N5O. The first-order valence-corrected chi connectivity index (χ1v) is 10.3. The van der Waals surface area contributed by atoms with Crippen LogP contribution in [0.5, 0.6) is 5.75 Å². The Kier molecular flexibility index (Phi) is 4.20. The van der Waals surface area contributed by atoms with E-state index in [9.17, 15) is 0 Å². The molecule has 2 aromatic rings. The second-order valence-corrected chi connectivity index (χ2v) is 8.74. The van der Waals surface area contributed by atoms with Crippen LogP contribution in [0.4, 0.5) is 0 Å². The lowest BCUT2D eigenvalue weighted by molar-refractivity contribution is 0.138. The minimum Gasteiger partial charge on any atom is -0.487 e. The van der Waals surface area contributed by atoms with E-state index in [0.717, 1.165) is 63.0 Å². The second-order valence-electron chi connectivity index (χ2n) is 8.74. The molecule has 0 radical (unpaired) electrons. The summed E-state index contributed by atoms with van der Waals surface area (Å²) in [6.45, 7) is 9.41.